The molecule has 2 amide bonds. The van der Waals surface area contributed by atoms with E-state index in [2.05, 4.69) is 5.32 Å². The number of amides is 2. The minimum atomic E-state index is -0.707. The van der Waals surface area contributed by atoms with Crippen LogP contribution in [0.15, 0.2) is 18.2 Å². The summed E-state index contributed by atoms with van der Waals surface area (Å²) in [5.74, 6) is -0.106. The molecule has 4 nitrogen and oxygen atoms in total. The van der Waals surface area contributed by atoms with Crippen molar-refractivity contribution in [3.8, 4) is 0 Å². The van der Waals surface area contributed by atoms with Crippen molar-refractivity contribution in [1.82, 2.24) is 10.2 Å². The van der Waals surface area contributed by atoms with Crippen LogP contribution in [0.25, 0.3) is 0 Å². The lowest BCUT2D eigenvalue weighted by Crippen LogP contribution is -2.65. The van der Waals surface area contributed by atoms with E-state index in [0.717, 1.165) is 18.4 Å². The number of carbonyl (C=O) groups is 2. The fraction of sp³-hybridized carbons (Fsp3) is 0.467. The molecule has 0 atom stereocenters. The summed E-state index contributed by atoms with van der Waals surface area (Å²) in [6.45, 7) is 0.379. The summed E-state index contributed by atoms with van der Waals surface area (Å²) in [6, 6.07) is 5.36. The Hall–Kier alpha value is -1.26. The number of nitrogens with one attached hydrogen (secondary N) is 1. The molecule has 1 aliphatic heterocycles. The third-order valence-corrected chi connectivity index (χ3v) is 5.29. The van der Waals surface area contributed by atoms with Gasteiger partial charge in [-0.2, -0.15) is 0 Å². The maximum atomic E-state index is 12.4. The molecule has 6 heteroatoms. The maximum absolute atomic E-state index is 12.4. The minimum absolute atomic E-state index is 0.0437. The second kappa shape index (κ2) is 5.50. The highest BCUT2D eigenvalue weighted by atomic mass is 35.5. The van der Waals surface area contributed by atoms with Crippen LogP contribution in [0.1, 0.15) is 31.2 Å². The number of rotatable bonds is 2. The van der Waals surface area contributed by atoms with Crippen molar-refractivity contribution in [2.45, 2.75) is 37.8 Å². The van der Waals surface area contributed by atoms with E-state index >= 15 is 0 Å². The van der Waals surface area contributed by atoms with Crippen molar-refractivity contribution in [3.63, 3.8) is 0 Å². The lowest BCUT2D eigenvalue weighted by atomic mass is 9.90. The summed E-state index contributed by atoms with van der Waals surface area (Å²) in [6.07, 6.45) is 3.34. The highest BCUT2D eigenvalue weighted by Crippen LogP contribution is 2.39. The molecule has 1 N–H and O–H groups in total. The van der Waals surface area contributed by atoms with Gasteiger partial charge in [-0.3, -0.25) is 9.59 Å². The Morgan fingerprint density at radius 3 is 2.62 bits per heavy atom. The fourth-order valence-electron chi connectivity index (χ4n) is 3.31. The fourth-order valence-corrected chi connectivity index (χ4v) is 3.69. The SMILES string of the molecule is O=C1CNC(=O)C2(CCCC2)N1Cc1cccc(Cl)c1Cl. The maximum Gasteiger partial charge on any atom is 0.246 e. The molecule has 1 heterocycles. The van der Waals surface area contributed by atoms with Gasteiger partial charge in [0.2, 0.25) is 11.8 Å². The van der Waals surface area contributed by atoms with Gasteiger partial charge in [0.1, 0.15) is 5.54 Å². The van der Waals surface area contributed by atoms with Gasteiger partial charge in [0, 0.05) is 6.54 Å². The minimum Gasteiger partial charge on any atom is -0.345 e. The topological polar surface area (TPSA) is 49.4 Å². The normalized spacial score (nSPS) is 21.0. The third kappa shape index (κ3) is 2.40. The predicted octanol–water partition coefficient (Wildman–Crippen LogP) is 2.76. The standard InChI is InChI=1S/C15H16Cl2N2O2/c16-11-5-3-4-10(13(11)17)9-19-12(20)8-18-14(21)15(19)6-1-2-7-15/h3-5H,1-2,6-9H2,(H,18,21). The number of carbonyl (C=O) groups excluding carboxylic acids is 2. The van der Waals surface area contributed by atoms with Gasteiger partial charge in [-0.1, -0.05) is 48.2 Å². The van der Waals surface area contributed by atoms with Crippen LogP contribution in [-0.2, 0) is 16.1 Å². The molecule has 1 aliphatic carbocycles. The Morgan fingerprint density at radius 1 is 1.19 bits per heavy atom. The summed E-state index contributed by atoms with van der Waals surface area (Å²) in [5.41, 5.74) is 0.0690. The molecular formula is C15H16Cl2N2O2. The van der Waals surface area contributed by atoms with Gasteiger partial charge in [-0.05, 0) is 24.5 Å². The van der Waals surface area contributed by atoms with E-state index in [-0.39, 0.29) is 18.4 Å². The predicted molar refractivity (Wildman–Crippen MR) is 81.2 cm³/mol. The largest absolute Gasteiger partial charge is 0.345 e. The Balaban J connectivity index is 1.95. The first-order valence-corrected chi connectivity index (χ1v) is 7.82. The van der Waals surface area contributed by atoms with Gasteiger partial charge in [0.25, 0.3) is 0 Å². The van der Waals surface area contributed by atoms with E-state index < -0.39 is 5.54 Å². The van der Waals surface area contributed by atoms with E-state index in [1.54, 1.807) is 17.0 Å². The summed E-state index contributed by atoms with van der Waals surface area (Å²) in [4.78, 5) is 26.4. The molecule has 0 bridgehead atoms. The van der Waals surface area contributed by atoms with Crippen LogP contribution in [0, 0.1) is 0 Å². The second-order valence-electron chi connectivity index (χ2n) is 5.61. The lowest BCUT2D eigenvalue weighted by Gasteiger charge is -2.43. The van der Waals surface area contributed by atoms with Gasteiger partial charge >= 0.3 is 0 Å². The monoisotopic (exact) mass is 326 g/mol. The average molecular weight is 327 g/mol. The molecule has 3 rings (SSSR count). The smallest absolute Gasteiger partial charge is 0.246 e. The number of hydrogen-bond donors (Lipinski definition) is 1. The Bertz CT molecular complexity index is 597. The van der Waals surface area contributed by atoms with Gasteiger partial charge in [0.05, 0.1) is 16.6 Å². The van der Waals surface area contributed by atoms with Crippen LogP contribution in [0.5, 0.6) is 0 Å². The zero-order valence-corrected chi connectivity index (χ0v) is 13.0. The third-order valence-electron chi connectivity index (χ3n) is 4.43. The summed E-state index contributed by atoms with van der Waals surface area (Å²) >= 11 is 12.3. The van der Waals surface area contributed by atoms with Crippen LogP contribution in [0.3, 0.4) is 0 Å². The number of hydrogen-bond acceptors (Lipinski definition) is 2. The molecule has 1 saturated carbocycles. The molecule has 0 unspecified atom stereocenters. The Labute approximate surface area is 133 Å². The van der Waals surface area contributed by atoms with Crippen LogP contribution in [0.4, 0.5) is 0 Å². The van der Waals surface area contributed by atoms with Crippen molar-refractivity contribution in [1.29, 1.82) is 0 Å². The second-order valence-corrected chi connectivity index (χ2v) is 6.40. The van der Waals surface area contributed by atoms with E-state index in [9.17, 15) is 9.59 Å². The number of halogens is 2. The van der Waals surface area contributed by atoms with Gasteiger partial charge in [0.15, 0.2) is 0 Å². The van der Waals surface area contributed by atoms with E-state index in [1.165, 1.54) is 0 Å². The van der Waals surface area contributed by atoms with Gasteiger partial charge < -0.3 is 10.2 Å². The first-order chi connectivity index (χ1) is 10.0. The molecule has 0 radical (unpaired) electrons. The molecule has 2 fully saturated rings. The Kier molecular flexibility index (Phi) is 3.84. The molecule has 112 valence electrons. The molecular weight excluding hydrogens is 311 g/mol. The van der Waals surface area contributed by atoms with Crippen molar-refractivity contribution in [2.75, 3.05) is 6.54 Å². The zero-order chi connectivity index (χ0) is 15.0. The average Bonchev–Trinajstić information content (AvgIpc) is 2.95. The highest BCUT2D eigenvalue weighted by molar-refractivity contribution is 6.42. The lowest BCUT2D eigenvalue weighted by molar-refractivity contribution is -0.154. The molecule has 1 aromatic carbocycles. The van der Waals surface area contributed by atoms with Crippen LogP contribution >= 0.6 is 23.2 Å². The summed E-state index contributed by atoms with van der Waals surface area (Å²) in [7, 11) is 0. The Morgan fingerprint density at radius 2 is 1.90 bits per heavy atom. The number of nitrogens with zero attached hydrogens (tertiary/aromatic N) is 1. The van der Waals surface area contributed by atoms with Crippen LogP contribution in [0.2, 0.25) is 10.0 Å². The first-order valence-electron chi connectivity index (χ1n) is 7.06. The molecule has 1 aromatic rings. The van der Waals surface area contributed by atoms with Crippen molar-refractivity contribution in [2.24, 2.45) is 0 Å². The van der Waals surface area contributed by atoms with Crippen LogP contribution in [-0.4, -0.2) is 28.8 Å². The van der Waals surface area contributed by atoms with Gasteiger partial charge in [-0.25, -0.2) is 0 Å². The molecule has 1 spiro atoms. The highest BCUT2D eigenvalue weighted by Gasteiger charge is 2.50. The molecule has 1 saturated heterocycles. The first kappa shape index (κ1) is 14.7. The van der Waals surface area contributed by atoms with Crippen molar-refractivity contribution in [3.05, 3.63) is 33.8 Å². The molecule has 0 aromatic heterocycles. The summed E-state index contributed by atoms with van der Waals surface area (Å²) in [5, 5.41) is 3.63. The number of piperazine rings is 1. The number of benzene rings is 1. The van der Waals surface area contributed by atoms with E-state index in [4.69, 9.17) is 23.2 Å². The zero-order valence-electron chi connectivity index (χ0n) is 11.5. The van der Waals surface area contributed by atoms with E-state index in [0.29, 0.717) is 29.4 Å². The van der Waals surface area contributed by atoms with Gasteiger partial charge in [-0.15, -0.1) is 0 Å². The quantitative estimate of drug-likeness (QED) is 0.908. The molecule has 2 aliphatic rings. The van der Waals surface area contributed by atoms with Crippen LogP contribution < -0.4 is 5.32 Å². The van der Waals surface area contributed by atoms with Crippen molar-refractivity contribution >= 4 is 35.0 Å². The summed E-state index contributed by atoms with van der Waals surface area (Å²) < 4.78 is 0. The van der Waals surface area contributed by atoms with E-state index in [1.807, 2.05) is 6.07 Å². The molecule has 21 heavy (non-hydrogen) atoms. The van der Waals surface area contributed by atoms with Crippen molar-refractivity contribution < 1.29 is 9.59 Å².